The normalized spacial score (nSPS) is 11.1. The van der Waals surface area contributed by atoms with Crippen LogP contribution in [0.25, 0.3) is 10.8 Å². The van der Waals surface area contributed by atoms with Crippen LogP contribution < -0.4 is 0 Å². The monoisotopic (exact) mass is 188 g/mol. The smallest absolute Gasteiger partial charge is 0.127 e. The zero-order chi connectivity index (χ0) is 10.1. The highest BCUT2D eigenvalue weighted by atomic mass is 19.1. The summed E-state index contributed by atoms with van der Waals surface area (Å²) in [5, 5.41) is 2.14. The minimum atomic E-state index is -0.0984. The SMILES string of the molecule is CC(C)c1c(F)ccc2ccccc12. The molecule has 0 radical (unpaired) electrons. The number of hydrogen-bond donors (Lipinski definition) is 0. The number of hydrogen-bond acceptors (Lipinski definition) is 0. The molecule has 0 fully saturated rings. The van der Waals surface area contributed by atoms with Crippen molar-refractivity contribution in [1.29, 1.82) is 0 Å². The van der Waals surface area contributed by atoms with Gasteiger partial charge >= 0.3 is 0 Å². The topological polar surface area (TPSA) is 0 Å². The molecule has 0 saturated carbocycles. The van der Waals surface area contributed by atoms with Crippen molar-refractivity contribution in [3.05, 3.63) is 47.8 Å². The highest BCUT2D eigenvalue weighted by Gasteiger charge is 2.09. The maximum Gasteiger partial charge on any atom is 0.127 e. The predicted molar refractivity (Wildman–Crippen MR) is 58.0 cm³/mol. The molecule has 0 aliphatic heterocycles. The van der Waals surface area contributed by atoms with Crippen molar-refractivity contribution in [3.8, 4) is 0 Å². The van der Waals surface area contributed by atoms with E-state index in [1.54, 1.807) is 6.07 Å². The summed E-state index contributed by atoms with van der Waals surface area (Å²) < 4.78 is 13.6. The Labute approximate surface area is 83.4 Å². The van der Waals surface area contributed by atoms with Crippen LogP contribution in [-0.2, 0) is 0 Å². The molecule has 0 N–H and O–H groups in total. The van der Waals surface area contributed by atoms with Gasteiger partial charge in [0.2, 0.25) is 0 Å². The summed E-state index contributed by atoms with van der Waals surface area (Å²) >= 11 is 0. The first kappa shape index (κ1) is 9.20. The highest BCUT2D eigenvalue weighted by molar-refractivity contribution is 5.86. The van der Waals surface area contributed by atoms with Gasteiger partial charge in [0.15, 0.2) is 0 Å². The van der Waals surface area contributed by atoms with Crippen molar-refractivity contribution in [2.24, 2.45) is 0 Å². The minimum Gasteiger partial charge on any atom is -0.207 e. The largest absolute Gasteiger partial charge is 0.207 e. The molecule has 0 atom stereocenters. The molecule has 2 aromatic carbocycles. The Morgan fingerprint density at radius 2 is 1.71 bits per heavy atom. The minimum absolute atomic E-state index is 0.0984. The van der Waals surface area contributed by atoms with Crippen LogP contribution in [0.4, 0.5) is 4.39 Å². The van der Waals surface area contributed by atoms with Gasteiger partial charge in [0.25, 0.3) is 0 Å². The van der Waals surface area contributed by atoms with Gasteiger partial charge in [-0.1, -0.05) is 44.2 Å². The Morgan fingerprint density at radius 3 is 2.43 bits per heavy atom. The van der Waals surface area contributed by atoms with Crippen LogP contribution in [0.5, 0.6) is 0 Å². The Hall–Kier alpha value is -1.37. The van der Waals surface area contributed by atoms with E-state index in [4.69, 9.17) is 0 Å². The van der Waals surface area contributed by atoms with Crippen molar-refractivity contribution in [2.75, 3.05) is 0 Å². The lowest BCUT2D eigenvalue weighted by atomic mass is 9.95. The second-order valence-electron chi connectivity index (χ2n) is 3.84. The van der Waals surface area contributed by atoms with Crippen LogP contribution in [0, 0.1) is 5.82 Å². The van der Waals surface area contributed by atoms with E-state index in [0.717, 1.165) is 16.3 Å². The first-order valence-electron chi connectivity index (χ1n) is 4.87. The lowest BCUT2D eigenvalue weighted by Crippen LogP contribution is -1.94. The second-order valence-corrected chi connectivity index (χ2v) is 3.84. The molecule has 14 heavy (non-hydrogen) atoms. The molecule has 0 unspecified atom stereocenters. The van der Waals surface area contributed by atoms with Gasteiger partial charge in [0, 0.05) is 0 Å². The van der Waals surface area contributed by atoms with Crippen molar-refractivity contribution < 1.29 is 4.39 Å². The van der Waals surface area contributed by atoms with Gasteiger partial charge in [0.05, 0.1) is 0 Å². The number of halogens is 1. The third-order valence-corrected chi connectivity index (χ3v) is 2.49. The molecule has 0 heterocycles. The second kappa shape index (κ2) is 3.41. The molecule has 2 aromatic rings. The summed E-state index contributed by atoms with van der Waals surface area (Å²) in [5.41, 5.74) is 0.822. The van der Waals surface area contributed by atoms with Gasteiger partial charge in [-0.05, 0) is 28.3 Å². The molecule has 0 bridgehead atoms. The quantitative estimate of drug-likeness (QED) is 0.632. The van der Waals surface area contributed by atoms with Crippen molar-refractivity contribution in [3.63, 3.8) is 0 Å². The van der Waals surface area contributed by atoms with Crippen LogP contribution in [0.2, 0.25) is 0 Å². The molecule has 0 nitrogen and oxygen atoms in total. The van der Waals surface area contributed by atoms with E-state index in [2.05, 4.69) is 0 Å². The van der Waals surface area contributed by atoms with Gasteiger partial charge in [0.1, 0.15) is 5.82 Å². The first-order valence-corrected chi connectivity index (χ1v) is 4.87. The van der Waals surface area contributed by atoms with Crippen LogP contribution in [0.1, 0.15) is 25.3 Å². The molecule has 1 heteroatoms. The lowest BCUT2D eigenvalue weighted by Gasteiger charge is -2.10. The molecule has 0 aromatic heterocycles. The fraction of sp³-hybridized carbons (Fsp3) is 0.231. The van der Waals surface area contributed by atoms with E-state index < -0.39 is 0 Å². The first-order chi connectivity index (χ1) is 6.70. The van der Waals surface area contributed by atoms with Crippen LogP contribution in [0.15, 0.2) is 36.4 Å². The number of fused-ring (bicyclic) bond motifs is 1. The van der Waals surface area contributed by atoms with Crippen LogP contribution >= 0.6 is 0 Å². The third kappa shape index (κ3) is 1.39. The average Bonchev–Trinajstić information content (AvgIpc) is 2.17. The van der Waals surface area contributed by atoms with Gasteiger partial charge in [-0.2, -0.15) is 0 Å². The molecular weight excluding hydrogens is 175 g/mol. The van der Waals surface area contributed by atoms with Gasteiger partial charge in [-0.3, -0.25) is 0 Å². The van der Waals surface area contributed by atoms with Gasteiger partial charge in [-0.15, -0.1) is 0 Å². The fourth-order valence-corrected chi connectivity index (χ4v) is 1.86. The van der Waals surface area contributed by atoms with Crippen LogP contribution in [0.3, 0.4) is 0 Å². The number of rotatable bonds is 1. The Kier molecular flexibility index (Phi) is 2.24. The van der Waals surface area contributed by atoms with Gasteiger partial charge in [-0.25, -0.2) is 4.39 Å². The zero-order valence-corrected chi connectivity index (χ0v) is 8.42. The third-order valence-electron chi connectivity index (χ3n) is 2.49. The van der Waals surface area contributed by atoms with E-state index in [9.17, 15) is 4.39 Å². The summed E-state index contributed by atoms with van der Waals surface area (Å²) in [6.45, 7) is 4.04. The average molecular weight is 188 g/mol. The summed E-state index contributed by atoms with van der Waals surface area (Å²) in [6, 6.07) is 11.3. The van der Waals surface area contributed by atoms with Crippen molar-refractivity contribution >= 4 is 10.8 Å². The molecule has 2 rings (SSSR count). The lowest BCUT2D eigenvalue weighted by molar-refractivity contribution is 0.602. The van der Waals surface area contributed by atoms with Crippen molar-refractivity contribution in [1.82, 2.24) is 0 Å². The maximum atomic E-state index is 13.6. The summed E-state index contributed by atoms with van der Waals surface area (Å²) in [7, 11) is 0. The predicted octanol–water partition coefficient (Wildman–Crippen LogP) is 4.10. The molecule has 72 valence electrons. The molecule has 0 saturated heterocycles. The highest BCUT2D eigenvalue weighted by Crippen LogP contribution is 2.27. The van der Waals surface area contributed by atoms with E-state index in [1.807, 2.05) is 44.2 Å². The Balaban J connectivity index is 2.83. The molecule has 0 spiro atoms. The van der Waals surface area contributed by atoms with Crippen LogP contribution in [-0.4, -0.2) is 0 Å². The molecule has 0 aliphatic carbocycles. The van der Waals surface area contributed by atoms with Gasteiger partial charge < -0.3 is 0 Å². The summed E-state index contributed by atoms with van der Waals surface area (Å²) in [6.07, 6.45) is 0. The Morgan fingerprint density at radius 1 is 1.00 bits per heavy atom. The van der Waals surface area contributed by atoms with Crippen molar-refractivity contribution in [2.45, 2.75) is 19.8 Å². The Bertz CT molecular complexity index is 458. The van der Waals surface area contributed by atoms with E-state index in [0.29, 0.717) is 0 Å². The summed E-state index contributed by atoms with van der Waals surface area (Å²) in [4.78, 5) is 0. The standard InChI is InChI=1S/C13H13F/c1-9(2)13-11-6-4-3-5-10(11)7-8-12(13)14/h3-9H,1-2H3. The zero-order valence-electron chi connectivity index (χ0n) is 8.42. The molecule has 0 amide bonds. The summed E-state index contributed by atoms with van der Waals surface area (Å²) in [5.74, 6) is 0.125. The molecule has 0 aliphatic rings. The number of benzene rings is 2. The molecular formula is C13H13F. The van der Waals surface area contributed by atoms with E-state index in [1.165, 1.54) is 0 Å². The van der Waals surface area contributed by atoms with E-state index in [-0.39, 0.29) is 11.7 Å². The van der Waals surface area contributed by atoms with E-state index >= 15 is 0 Å². The maximum absolute atomic E-state index is 13.6. The fourth-order valence-electron chi connectivity index (χ4n) is 1.86.